The van der Waals surface area contributed by atoms with Crippen molar-refractivity contribution in [2.45, 2.75) is 48.0 Å². The lowest BCUT2D eigenvalue weighted by Crippen LogP contribution is -2.43. The van der Waals surface area contributed by atoms with Crippen LogP contribution in [-0.2, 0) is 37.0 Å². The zero-order chi connectivity index (χ0) is 22.1. The molecule has 11 heteroatoms. The first-order valence-corrected chi connectivity index (χ1v) is 12.9. The lowest BCUT2D eigenvalue weighted by Gasteiger charge is -2.32. The molecule has 3 heterocycles. The number of nitrogens with one attached hydrogen (secondary N) is 2. The van der Waals surface area contributed by atoms with Gasteiger partial charge in [0, 0.05) is 22.9 Å². The summed E-state index contributed by atoms with van der Waals surface area (Å²) in [5, 5.41) is 16.6. The highest BCUT2D eigenvalue weighted by atomic mass is 35.5. The molecule has 2 fully saturated rings. The average Bonchev–Trinajstić information content (AvgIpc) is 3.54. The number of halogens is 1. The van der Waals surface area contributed by atoms with Gasteiger partial charge in [0.25, 0.3) is 5.79 Å². The summed E-state index contributed by atoms with van der Waals surface area (Å²) in [6.07, 6.45) is 3.27. The Bertz CT molecular complexity index is 1020. The molecule has 0 amide bonds. The van der Waals surface area contributed by atoms with E-state index in [9.17, 15) is 9.59 Å². The zero-order valence-corrected chi connectivity index (χ0v) is 19.7. The number of rotatable bonds is 6. The normalized spacial score (nSPS) is 20.2. The van der Waals surface area contributed by atoms with Crippen LogP contribution in [0.1, 0.15) is 42.4 Å². The number of aromatic nitrogens is 2. The summed E-state index contributed by atoms with van der Waals surface area (Å²) in [6, 6.07) is 3.58. The van der Waals surface area contributed by atoms with Gasteiger partial charge in [-0.05, 0) is 55.0 Å². The maximum Gasteiger partial charge on any atom is 0.309 e. The number of anilines is 1. The number of fused-ring (bicyclic) bond motifs is 2. The first-order valence-electron chi connectivity index (χ1n) is 10.7. The molecule has 170 valence electrons. The van der Waals surface area contributed by atoms with Crippen molar-refractivity contribution in [3.63, 3.8) is 0 Å². The van der Waals surface area contributed by atoms with Gasteiger partial charge in [0.15, 0.2) is 4.34 Å². The Kier molecular flexibility index (Phi) is 6.28. The van der Waals surface area contributed by atoms with Gasteiger partial charge in [0.2, 0.25) is 5.13 Å². The zero-order valence-electron chi connectivity index (χ0n) is 17.3. The predicted octanol–water partition coefficient (Wildman–Crippen LogP) is 3.48. The Morgan fingerprint density at radius 2 is 1.97 bits per heavy atom. The van der Waals surface area contributed by atoms with Crippen LogP contribution in [0.3, 0.4) is 0 Å². The summed E-state index contributed by atoms with van der Waals surface area (Å²) in [5.74, 6) is -1.02. The third-order valence-corrected chi connectivity index (χ3v) is 8.16. The van der Waals surface area contributed by atoms with Crippen LogP contribution in [0.5, 0.6) is 0 Å². The van der Waals surface area contributed by atoms with E-state index in [4.69, 9.17) is 21.1 Å². The van der Waals surface area contributed by atoms with E-state index >= 15 is 0 Å². The van der Waals surface area contributed by atoms with Crippen molar-refractivity contribution in [3.05, 3.63) is 33.8 Å². The third-order valence-electron chi connectivity index (χ3n) is 5.77. The topological polar surface area (TPSA) is 102 Å². The van der Waals surface area contributed by atoms with Crippen molar-refractivity contribution in [1.29, 1.82) is 0 Å². The number of carbonyl (C=O) groups is 2. The molecule has 2 N–H and O–H groups in total. The fourth-order valence-electron chi connectivity index (χ4n) is 3.93. The van der Waals surface area contributed by atoms with Gasteiger partial charge in [0.05, 0.1) is 19.4 Å². The van der Waals surface area contributed by atoms with E-state index in [1.54, 1.807) is 23.9 Å². The van der Waals surface area contributed by atoms with E-state index in [1.165, 1.54) is 24.2 Å². The molecule has 0 unspecified atom stereocenters. The van der Waals surface area contributed by atoms with E-state index < -0.39 is 17.7 Å². The highest BCUT2D eigenvalue weighted by Gasteiger charge is 2.45. The number of hydrogen-bond acceptors (Lipinski definition) is 10. The molecule has 2 aromatic rings. The van der Waals surface area contributed by atoms with Crippen LogP contribution in [-0.4, -0.2) is 41.8 Å². The molecule has 2 aliphatic heterocycles. The molecule has 8 nitrogen and oxygen atoms in total. The second-order valence-corrected chi connectivity index (χ2v) is 10.8. The number of esters is 2. The number of benzene rings is 1. The first kappa shape index (κ1) is 21.9. The molecule has 0 radical (unpaired) electrons. The van der Waals surface area contributed by atoms with E-state index in [0.29, 0.717) is 29.3 Å². The summed E-state index contributed by atoms with van der Waals surface area (Å²) in [5.41, 5.74) is 2.54. The fraction of sp³-hybridized carbons (Fsp3) is 0.524. The SMILES string of the molecule is O=C1CCC(=O)OC2(CNCCc3c2ccc(Cl)c3CSc2nnc(NCC3CC3)s2)O1. The van der Waals surface area contributed by atoms with Crippen LogP contribution >= 0.6 is 34.7 Å². The quantitative estimate of drug-likeness (QED) is 0.461. The number of thioether (sulfide) groups is 1. The van der Waals surface area contributed by atoms with Gasteiger partial charge in [0.1, 0.15) is 0 Å². The smallest absolute Gasteiger partial charge is 0.309 e. The maximum absolute atomic E-state index is 12.3. The van der Waals surface area contributed by atoms with Crippen LogP contribution in [0.15, 0.2) is 16.5 Å². The number of carbonyl (C=O) groups excluding carboxylic acids is 2. The molecule has 1 spiro atoms. The predicted molar refractivity (Wildman–Crippen MR) is 122 cm³/mol. The van der Waals surface area contributed by atoms with Crippen LogP contribution in [0.2, 0.25) is 5.02 Å². The molecule has 5 rings (SSSR count). The molecule has 1 aromatic carbocycles. The standard InChI is InChI=1S/C21H23ClN4O4S2/c22-16-4-3-15-13(7-8-23-11-21(15)29-17(27)5-6-18(28)30-21)14(16)10-31-20-26-25-19(32-20)24-9-12-1-2-12/h3-4,12,23H,1-2,5-11H2,(H,24,25). The lowest BCUT2D eigenvalue weighted by molar-refractivity contribution is -0.225. The van der Waals surface area contributed by atoms with Crippen molar-refractivity contribution >= 4 is 51.8 Å². The Balaban J connectivity index is 1.40. The molecule has 1 saturated heterocycles. The maximum atomic E-state index is 12.3. The lowest BCUT2D eigenvalue weighted by atomic mass is 9.94. The Hall–Kier alpha value is -1.88. The molecular formula is C21H23ClN4O4S2. The van der Waals surface area contributed by atoms with Gasteiger partial charge in [-0.25, -0.2) is 0 Å². The van der Waals surface area contributed by atoms with Crippen molar-refractivity contribution in [2.75, 3.05) is 25.0 Å². The minimum absolute atomic E-state index is 0.0143. The second-order valence-electron chi connectivity index (χ2n) is 8.17. The molecule has 1 aliphatic carbocycles. The highest BCUT2D eigenvalue weighted by molar-refractivity contribution is 8.00. The summed E-state index contributed by atoms with van der Waals surface area (Å²) in [4.78, 5) is 24.5. The molecule has 1 aromatic heterocycles. The Labute approximate surface area is 198 Å². The van der Waals surface area contributed by atoms with Crippen LogP contribution < -0.4 is 10.6 Å². The molecular weight excluding hydrogens is 472 g/mol. The molecule has 32 heavy (non-hydrogen) atoms. The second kappa shape index (κ2) is 9.17. The van der Waals surface area contributed by atoms with Crippen molar-refractivity contribution < 1.29 is 19.1 Å². The van der Waals surface area contributed by atoms with Crippen LogP contribution in [0.25, 0.3) is 0 Å². The van der Waals surface area contributed by atoms with E-state index in [-0.39, 0.29) is 19.4 Å². The van der Waals surface area contributed by atoms with Crippen LogP contribution in [0, 0.1) is 5.92 Å². The minimum Gasteiger partial charge on any atom is -0.416 e. The van der Waals surface area contributed by atoms with E-state index in [2.05, 4.69) is 20.8 Å². The largest absolute Gasteiger partial charge is 0.416 e. The highest BCUT2D eigenvalue weighted by Crippen LogP contribution is 2.40. The monoisotopic (exact) mass is 494 g/mol. The van der Waals surface area contributed by atoms with Gasteiger partial charge in [-0.1, -0.05) is 34.7 Å². The van der Waals surface area contributed by atoms with E-state index in [1.807, 2.05) is 0 Å². The molecule has 3 aliphatic rings. The van der Waals surface area contributed by atoms with Gasteiger partial charge in [-0.15, -0.1) is 10.2 Å². The van der Waals surface area contributed by atoms with Crippen LogP contribution in [0.4, 0.5) is 5.13 Å². The Morgan fingerprint density at radius 1 is 1.19 bits per heavy atom. The van der Waals surface area contributed by atoms with Gasteiger partial charge in [-0.2, -0.15) is 0 Å². The fourth-order valence-corrected chi connectivity index (χ4v) is 6.08. The summed E-state index contributed by atoms with van der Waals surface area (Å²) < 4.78 is 12.3. The molecule has 0 atom stereocenters. The van der Waals surface area contributed by atoms with E-state index in [0.717, 1.165) is 33.1 Å². The number of ether oxygens (including phenoxy) is 2. The third kappa shape index (κ3) is 4.73. The summed E-state index contributed by atoms with van der Waals surface area (Å²) in [7, 11) is 0. The number of hydrogen-bond donors (Lipinski definition) is 2. The van der Waals surface area contributed by atoms with Gasteiger partial charge >= 0.3 is 11.9 Å². The van der Waals surface area contributed by atoms with Gasteiger partial charge in [-0.3, -0.25) is 9.59 Å². The molecule has 1 saturated carbocycles. The Morgan fingerprint density at radius 3 is 2.72 bits per heavy atom. The average molecular weight is 495 g/mol. The number of nitrogens with zero attached hydrogens (tertiary/aromatic N) is 2. The summed E-state index contributed by atoms with van der Waals surface area (Å²) >= 11 is 9.69. The van der Waals surface area contributed by atoms with Crippen molar-refractivity contribution in [1.82, 2.24) is 15.5 Å². The van der Waals surface area contributed by atoms with Crippen molar-refractivity contribution in [3.8, 4) is 0 Å². The minimum atomic E-state index is -1.47. The van der Waals surface area contributed by atoms with Crippen molar-refractivity contribution in [2.24, 2.45) is 5.92 Å². The molecule has 0 bridgehead atoms. The first-order chi connectivity index (χ1) is 15.5. The van der Waals surface area contributed by atoms with Gasteiger partial charge < -0.3 is 20.1 Å². The summed E-state index contributed by atoms with van der Waals surface area (Å²) in [6.45, 7) is 1.80.